The highest BCUT2D eigenvalue weighted by molar-refractivity contribution is 6.34. The van der Waals surface area contributed by atoms with Crippen molar-refractivity contribution in [1.29, 1.82) is 5.26 Å². The molecule has 8 nitrogen and oxygen atoms in total. The van der Waals surface area contributed by atoms with Crippen LogP contribution in [0.5, 0.6) is 11.5 Å². The number of carbonyl (C=O) groups excluding carboxylic acids is 1. The molecule has 0 aliphatic carbocycles. The van der Waals surface area contributed by atoms with Crippen LogP contribution < -0.4 is 14.4 Å². The van der Waals surface area contributed by atoms with Crippen molar-refractivity contribution in [3.8, 4) is 28.7 Å². The molecule has 0 fully saturated rings. The standard InChI is InChI=1S/C25H18ClF4N3O5/c1-33(23-18(27)4-3-5-19(23)38-7-6-22(34)35)24(36)15-9-14(17(26)10-20(15)37-2)16-12-32-21(25(28,29)30)8-13(16)11-31/h3-5,8-10,12H,6-7H2,1-2H3,(H,34,35). The number of anilines is 1. The van der Waals surface area contributed by atoms with Crippen LogP contribution in [0.2, 0.25) is 5.02 Å². The van der Waals surface area contributed by atoms with Crippen LogP contribution in [0.25, 0.3) is 11.1 Å². The summed E-state index contributed by atoms with van der Waals surface area (Å²) < 4.78 is 64.7. The number of carboxylic acid groups (broad SMARTS) is 1. The summed E-state index contributed by atoms with van der Waals surface area (Å²) in [7, 11) is 2.48. The summed E-state index contributed by atoms with van der Waals surface area (Å²) in [6, 6.07) is 8.38. The Bertz CT molecular complexity index is 1440. The molecule has 1 aromatic heterocycles. The van der Waals surface area contributed by atoms with Crippen LogP contribution >= 0.6 is 11.6 Å². The number of alkyl halides is 3. The van der Waals surface area contributed by atoms with E-state index in [2.05, 4.69) is 4.98 Å². The van der Waals surface area contributed by atoms with Crippen molar-refractivity contribution in [3.63, 3.8) is 0 Å². The van der Waals surface area contributed by atoms with Crippen molar-refractivity contribution >= 4 is 29.2 Å². The minimum absolute atomic E-state index is 0.00783. The van der Waals surface area contributed by atoms with E-state index in [1.807, 2.05) is 0 Å². The molecule has 1 amide bonds. The first-order chi connectivity index (χ1) is 17.9. The molecule has 2 aromatic carbocycles. The van der Waals surface area contributed by atoms with Crippen molar-refractivity contribution in [2.75, 3.05) is 25.7 Å². The lowest BCUT2D eigenvalue weighted by Crippen LogP contribution is -2.28. The Kier molecular flexibility index (Phi) is 8.42. The van der Waals surface area contributed by atoms with Crippen molar-refractivity contribution < 1.29 is 41.7 Å². The molecular formula is C25H18ClF4N3O5. The van der Waals surface area contributed by atoms with Gasteiger partial charge in [-0.15, -0.1) is 0 Å². The highest BCUT2D eigenvalue weighted by atomic mass is 35.5. The number of para-hydroxylation sites is 1. The fourth-order valence-electron chi connectivity index (χ4n) is 3.48. The van der Waals surface area contributed by atoms with Gasteiger partial charge in [0.25, 0.3) is 5.91 Å². The van der Waals surface area contributed by atoms with E-state index >= 15 is 0 Å². The highest BCUT2D eigenvalue weighted by Gasteiger charge is 2.33. The van der Waals surface area contributed by atoms with Gasteiger partial charge in [0.2, 0.25) is 0 Å². The van der Waals surface area contributed by atoms with E-state index in [0.29, 0.717) is 6.07 Å². The average Bonchev–Trinajstić information content (AvgIpc) is 2.86. The highest BCUT2D eigenvalue weighted by Crippen LogP contribution is 2.39. The number of nitriles is 1. The summed E-state index contributed by atoms with van der Waals surface area (Å²) in [5.41, 5.74) is -2.21. The number of carboxylic acids is 1. The Morgan fingerprint density at radius 3 is 2.50 bits per heavy atom. The number of aromatic nitrogens is 1. The summed E-state index contributed by atoms with van der Waals surface area (Å²) >= 11 is 6.32. The molecule has 0 spiro atoms. The Labute approximate surface area is 218 Å². The number of hydrogen-bond donors (Lipinski definition) is 1. The number of carbonyl (C=O) groups is 2. The maximum absolute atomic E-state index is 14.8. The normalized spacial score (nSPS) is 11.0. The lowest BCUT2D eigenvalue weighted by Gasteiger charge is -2.23. The van der Waals surface area contributed by atoms with Gasteiger partial charge in [0.15, 0.2) is 5.82 Å². The number of methoxy groups -OCH3 is 1. The molecule has 0 bridgehead atoms. The van der Waals surface area contributed by atoms with Crippen LogP contribution in [-0.2, 0) is 11.0 Å². The van der Waals surface area contributed by atoms with Gasteiger partial charge in [0, 0.05) is 30.4 Å². The van der Waals surface area contributed by atoms with Gasteiger partial charge in [0.05, 0.1) is 42.4 Å². The number of nitrogens with zero attached hydrogens (tertiary/aromatic N) is 3. The average molecular weight is 552 g/mol. The molecule has 0 saturated carbocycles. The van der Waals surface area contributed by atoms with E-state index < -0.39 is 35.1 Å². The van der Waals surface area contributed by atoms with Crippen molar-refractivity contribution in [1.82, 2.24) is 4.98 Å². The third-order valence-corrected chi connectivity index (χ3v) is 5.60. The maximum Gasteiger partial charge on any atom is 0.433 e. The van der Waals surface area contributed by atoms with Gasteiger partial charge in [-0.2, -0.15) is 18.4 Å². The molecule has 38 heavy (non-hydrogen) atoms. The second kappa shape index (κ2) is 11.4. The molecule has 0 atom stereocenters. The lowest BCUT2D eigenvalue weighted by molar-refractivity contribution is -0.141. The van der Waals surface area contributed by atoms with E-state index in [4.69, 9.17) is 26.2 Å². The van der Waals surface area contributed by atoms with E-state index in [1.54, 1.807) is 6.07 Å². The van der Waals surface area contributed by atoms with Gasteiger partial charge in [-0.25, -0.2) is 4.39 Å². The van der Waals surface area contributed by atoms with Gasteiger partial charge in [-0.05, 0) is 24.3 Å². The second-order valence-electron chi connectivity index (χ2n) is 7.70. The maximum atomic E-state index is 14.8. The molecule has 0 saturated heterocycles. The van der Waals surface area contributed by atoms with E-state index in [9.17, 15) is 32.4 Å². The predicted octanol–water partition coefficient (Wildman–Crippen LogP) is 5.57. The number of benzene rings is 2. The zero-order chi connectivity index (χ0) is 28.2. The molecule has 0 aliphatic heterocycles. The predicted molar refractivity (Wildman–Crippen MR) is 128 cm³/mol. The van der Waals surface area contributed by atoms with Crippen LogP contribution in [0.4, 0.5) is 23.2 Å². The Balaban J connectivity index is 2.10. The van der Waals surface area contributed by atoms with Gasteiger partial charge < -0.3 is 19.5 Å². The van der Waals surface area contributed by atoms with Gasteiger partial charge in [-0.1, -0.05) is 17.7 Å². The zero-order valence-corrected chi connectivity index (χ0v) is 20.5. The zero-order valence-electron chi connectivity index (χ0n) is 19.8. The first-order valence-electron chi connectivity index (χ1n) is 10.7. The molecule has 1 N–H and O–H groups in total. The summed E-state index contributed by atoms with van der Waals surface area (Å²) in [5, 5.41) is 18.2. The fraction of sp³-hybridized carbons (Fsp3) is 0.200. The fourth-order valence-corrected chi connectivity index (χ4v) is 3.74. The first kappa shape index (κ1) is 28.2. The van der Waals surface area contributed by atoms with Crippen LogP contribution in [0.1, 0.15) is 28.0 Å². The van der Waals surface area contributed by atoms with Crippen LogP contribution in [0, 0.1) is 17.1 Å². The van der Waals surface area contributed by atoms with Crippen LogP contribution in [0.3, 0.4) is 0 Å². The Morgan fingerprint density at radius 2 is 1.89 bits per heavy atom. The topological polar surface area (TPSA) is 113 Å². The van der Waals surface area contributed by atoms with Crippen LogP contribution in [0.15, 0.2) is 42.6 Å². The smallest absolute Gasteiger partial charge is 0.433 e. The number of ether oxygens (including phenoxy) is 2. The number of rotatable bonds is 8. The van der Waals surface area contributed by atoms with Crippen molar-refractivity contribution in [2.24, 2.45) is 0 Å². The Hall–Kier alpha value is -4.37. The molecule has 1 heterocycles. The lowest BCUT2D eigenvalue weighted by atomic mass is 9.98. The largest absolute Gasteiger partial charge is 0.496 e. The van der Waals surface area contributed by atoms with E-state index in [-0.39, 0.29) is 51.9 Å². The van der Waals surface area contributed by atoms with Gasteiger partial charge in [0.1, 0.15) is 22.9 Å². The molecule has 3 aromatic rings. The summed E-state index contributed by atoms with van der Waals surface area (Å²) in [5.74, 6) is -2.96. The quantitative estimate of drug-likeness (QED) is 0.364. The summed E-state index contributed by atoms with van der Waals surface area (Å²) in [4.78, 5) is 28.6. The van der Waals surface area contributed by atoms with Crippen molar-refractivity contribution in [2.45, 2.75) is 12.6 Å². The van der Waals surface area contributed by atoms with E-state index in [1.165, 1.54) is 38.4 Å². The first-order valence-corrected chi connectivity index (χ1v) is 11.0. The monoisotopic (exact) mass is 551 g/mol. The third kappa shape index (κ3) is 5.95. The van der Waals surface area contributed by atoms with Gasteiger partial charge in [-0.3, -0.25) is 14.6 Å². The minimum Gasteiger partial charge on any atom is -0.496 e. The number of halogens is 5. The number of aliphatic carboxylic acids is 1. The number of hydrogen-bond acceptors (Lipinski definition) is 6. The molecule has 0 aliphatic rings. The Morgan fingerprint density at radius 1 is 1.18 bits per heavy atom. The molecule has 13 heteroatoms. The van der Waals surface area contributed by atoms with Crippen molar-refractivity contribution in [3.05, 3.63) is 70.3 Å². The molecule has 0 radical (unpaired) electrons. The SMILES string of the molecule is COc1cc(Cl)c(-c2cnc(C(F)(F)F)cc2C#N)cc1C(=O)N(C)c1c(F)cccc1OCCC(=O)O. The summed E-state index contributed by atoms with van der Waals surface area (Å²) in [6.45, 7) is -0.292. The number of amides is 1. The third-order valence-electron chi connectivity index (χ3n) is 5.29. The molecule has 198 valence electrons. The molecule has 3 rings (SSSR count). The minimum atomic E-state index is -4.79. The van der Waals surface area contributed by atoms with E-state index in [0.717, 1.165) is 17.2 Å². The summed E-state index contributed by atoms with van der Waals surface area (Å²) in [6.07, 6.45) is -4.34. The molecule has 0 unspecified atom stereocenters. The van der Waals surface area contributed by atoms with Gasteiger partial charge >= 0.3 is 12.1 Å². The number of pyridine rings is 1. The second-order valence-corrected chi connectivity index (χ2v) is 8.11. The molecular weight excluding hydrogens is 534 g/mol. The van der Waals surface area contributed by atoms with Crippen LogP contribution in [-0.4, -0.2) is 42.7 Å².